The lowest BCUT2D eigenvalue weighted by Crippen LogP contribution is -2.16. The van der Waals surface area contributed by atoms with E-state index in [4.69, 9.17) is 17.3 Å². The van der Waals surface area contributed by atoms with Gasteiger partial charge in [0.15, 0.2) is 0 Å². The molecular weight excluding hydrogens is 324 g/mol. The van der Waals surface area contributed by atoms with Crippen LogP contribution in [0.3, 0.4) is 0 Å². The predicted molar refractivity (Wildman–Crippen MR) is 83.5 cm³/mol. The summed E-state index contributed by atoms with van der Waals surface area (Å²) in [5.41, 5.74) is 10.5. The second kappa shape index (κ2) is 6.04. The van der Waals surface area contributed by atoms with Gasteiger partial charge >= 0.3 is 0 Å². The van der Waals surface area contributed by atoms with E-state index in [0.29, 0.717) is 6.42 Å². The molecule has 0 fully saturated rings. The Morgan fingerprint density at radius 2 is 2.05 bits per heavy atom. The van der Waals surface area contributed by atoms with Gasteiger partial charge in [-0.05, 0) is 49.1 Å². The number of nitrogens with zero attached hydrogens (tertiary/aromatic N) is 1. The third-order valence-electron chi connectivity index (χ3n) is 3.06. The molecule has 0 aliphatic rings. The molecule has 0 amide bonds. The summed E-state index contributed by atoms with van der Waals surface area (Å²) in [6, 6.07) is 7.82. The van der Waals surface area contributed by atoms with Crippen molar-refractivity contribution in [3.8, 4) is 0 Å². The van der Waals surface area contributed by atoms with Crippen molar-refractivity contribution in [2.45, 2.75) is 26.3 Å². The fourth-order valence-electron chi connectivity index (χ4n) is 2.13. The van der Waals surface area contributed by atoms with Crippen LogP contribution in [-0.4, -0.2) is 4.98 Å². The quantitative estimate of drug-likeness (QED) is 0.902. The van der Waals surface area contributed by atoms with Crippen LogP contribution < -0.4 is 5.73 Å². The molecule has 0 saturated heterocycles. The number of aromatic nitrogens is 1. The van der Waals surface area contributed by atoms with Crippen LogP contribution in [0.25, 0.3) is 0 Å². The van der Waals surface area contributed by atoms with Gasteiger partial charge in [-0.1, -0.05) is 39.7 Å². The van der Waals surface area contributed by atoms with Crippen molar-refractivity contribution in [2.24, 2.45) is 5.73 Å². The second-order valence-corrected chi connectivity index (χ2v) is 6.08. The van der Waals surface area contributed by atoms with Crippen LogP contribution in [0.1, 0.15) is 28.4 Å². The molecule has 19 heavy (non-hydrogen) atoms. The number of benzene rings is 1. The van der Waals surface area contributed by atoms with Crippen LogP contribution >= 0.6 is 27.5 Å². The Kier molecular flexibility index (Phi) is 4.61. The van der Waals surface area contributed by atoms with E-state index in [-0.39, 0.29) is 6.04 Å². The molecule has 0 aliphatic carbocycles. The van der Waals surface area contributed by atoms with E-state index in [1.165, 1.54) is 0 Å². The SMILES string of the molecule is Cc1cnc(C(N)Cc2ccc(Br)cc2Cl)c(C)c1. The minimum Gasteiger partial charge on any atom is -0.322 e. The summed E-state index contributed by atoms with van der Waals surface area (Å²) < 4.78 is 0.972. The molecule has 0 saturated carbocycles. The molecule has 0 aliphatic heterocycles. The van der Waals surface area contributed by atoms with Gasteiger partial charge in [0.05, 0.1) is 11.7 Å². The fourth-order valence-corrected chi connectivity index (χ4v) is 2.89. The lowest BCUT2D eigenvalue weighted by Gasteiger charge is -2.15. The van der Waals surface area contributed by atoms with Crippen molar-refractivity contribution in [3.05, 3.63) is 62.3 Å². The predicted octanol–water partition coefficient (Wildman–Crippen LogP) is 4.36. The molecule has 1 aromatic carbocycles. The van der Waals surface area contributed by atoms with E-state index < -0.39 is 0 Å². The van der Waals surface area contributed by atoms with E-state index in [9.17, 15) is 0 Å². The van der Waals surface area contributed by atoms with Gasteiger partial charge in [0.1, 0.15) is 0 Å². The van der Waals surface area contributed by atoms with Gasteiger partial charge in [-0.2, -0.15) is 0 Å². The summed E-state index contributed by atoms with van der Waals surface area (Å²) in [7, 11) is 0. The minimum absolute atomic E-state index is 0.140. The Balaban J connectivity index is 2.23. The highest BCUT2D eigenvalue weighted by Crippen LogP contribution is 2.25. The van der Waals surface area contributed by atoms with Crippen LogP contribution in [0, 0.1) is 13.8 Å². The van der Waals surface area contributed by atoms with Crippen LogP contribution in [0.5, 0.6) is 0 Å². The molecule has 2 aromatic rings. The molecule has 2 rings (SSSR count). The topological polar surface area (TPSA) is 38.9 Å². The number of halogens is 2. The van der Waals surface area contributed by atoms with Gasteiger partial charge in [-0.25, -0.2) is 0 Å². The Morgan fingerprint density at radius 3 is 2.68 bits per heavy atom. The zero-order valence-electron chi connectivity index (χ0n) is 11.0. The van der Waals surface area contributed by atoms with Crippen molar-refractivity contribution in [3.63, 3.8) is 0 Å². The van der Waals surface area contributed by atoms with Crippen molar-refractivity contribution in [1.29, 1.82) is 0 Å². The van der Waals surface area contributed by atoms with Gasteiger partial charge in [0.2, 0.25) is 0 Å². The molecule has 1 unspecified atom stereocenters. The van der Waals surface area contributed by atoms with Gasteiger partial charge < -0.3 is 5.73 Å². The van der Waals surface area contributed by atoms with Crippen molar-refractivity contribution >= 4 is 27.5 Å². The summed E-state index contributed by atoms with van der Waals surface area (Å²) in [6.45, 7) is 4.07. The smallest absolute Gasteiger partial charge is 0.0603 e. The average Bonchev–Trinajstić information content (AvgIpc) is 2.32. The van der Waals surface area contributed by atoms with E-state index in [0.717, 1.165) is 31.9 Å². The van der Waals surface area contributed by atoms with Crippen LogP contribution in [0.2, 0.25) is 5.02 Å². The molecule has 0 radical (unpaired) electrons. The van der Waals surface area contributed by atoms with Gasteiger partial charge in [-0.3, -0.25) is 4.98 Å². The number of hydrogen-bond acceptors (Lipinski definition) is 2. The van der Waals surface area contributed by atoms with Crippen molar-refractivity contribution in [1.82, 2.24) is 4.98 Å². The molecule has 2 N–H and O–H groups in total. The lowest BCUT2D eigenvalue weighted by atomic mass is 10.00. The summed E-state index contributed by atoms with van der Waals surface area (Å²) in [4.78, 5) is 4.44. The monoisotopic (exact) mass is 338 g/mol. The molecule has 0 spiro atoms. The van der Waals surface area contributed by atoms with Crippen LogP contribution in [0.15, 0.2) is 34.9 Å². The maximum Gasteiger partial charge on any atom is 0.0603 e. The van der Waals surface area contributed by atoms with Crippen LogP contribution in [-0.2, 0) is 6.42 Å². The van der Waals surface area contributed by atoms with E-state index in [2.05, 4.69) is 27.0 Å². The number of hydrogen-bond donors (Lipinski definition) is 1. The first-order chi connectivity index (χ1) is 8.97. The average molecular weight is 340 g/mol. The molecule has 4 heteroatoms. The third-order valence-corrected chi connectivity index (χ3v) is 3.91. The second-order valence-electron chi connectivity index (χ2n) is 4.76. The standard InChI is InChI=1S/C15H16BrClN2/c1-9-5-10(2)15(19-8-9)14(18)6-11-3-4-12(16)7-13(11)17/h3-5,7-8,14H,6,18H2,1-2H3. The fraction of sp³-hybridized carbons (Fsp3) is 0.267. The number of aryl methyl sites for hydroxylation is 2. The first kappa shape index (κ1) is 14.5. The maximum atomic E-state index is 6.25. The molecule has 100 valence electrons. The molecule has 1 heterocycles. The third kappa shape index (κ3) is 3.56. The van der Waals surface area contributed by atoms with Gasteiger partial charge in [-0.15, -0.1) is 0 Å². The Bertz CT molecular complexity index is 599. The number of rotatable bonds is 3. The lowest BCUT2D eigenvalue weighted by molar-refractivity contribution is 0.689. The highest BCUT2D eigenvalue weighted by molar-refractivity contribution is 9.10. The number of nitrogens with two attached hydrogens (primary N) is 1. The normalized spacial score (nSPS) is 12.5. The Labute approximate surface area is 127 Å². The summed E-state index contributed by atoms with van der Waals surface area (Å²) in [5.74, 6) is 0. The van der Waals surface area contributed by atoms with E-state index in [1.54, 1.807) is 0 Å². The molecule has 1 aromatic heterocycles. The highest BCUT2D eigenvalue weighted by Gasteiger charge is 2.13. The molecule has 2 nitrogen and oxygen atoms in total. The largest absolute Gasteiger partial charge is 0.322 e. The maximum absolute atomic E-state index is 6.25. The van der Waals surface area contributed by atoms with E-state index in [1.807, 2.05) is 38.2 Å². The van der Waals surface area contributed by atoms with Gasteiger partial charge in [0.25, 0.3) is 0 Å². The van der Waals surface area contributed by atoms with Crippen molar-refractivity contribution in [2.75, 3.05) is 0 Å². The summed E-state index contributed by atoms with van der Waals surface area (Å²) in [6.07, 6.45) is 2.54. The first-order valence-electron chi connectivity index (χ1n) is 6.10. The summed E-state index contributed by atoms with van der Waals surface area (Å²) in [5, 5.41) is 0.731. The minimum atomic E-state index is -0.140. The van der Waals surface area contributed by atoms with Gasteiger partial charge in [0, 0.05) is 15.7 Å². The van der Waals surface area contributed by atoms with Crippen LogP contribution in [0.4, 0.5) is 0 Å². The van der Waals surface area contributed by atoms with E-state index >= 15 is 0 Å². The Morgan fingerprint density at radius 1 is 1.32 bits per heavy atom. The zero-order valence-corrected chi connectivity index (χ0v) is 13.3. The number of pyridine rings is 1. The zero-order chi connectivity index (χ0) is 14.0. The molecular formula is C15H16BrClN2. The Hall–Kier alpha value is -0.900. The first-order valence-corrected chi connectivity index (χ1v) is 7.27. The van der Waals surface area contributed by atoms with Crippen molar-refractivity contribution < 1.29 is 0 Å². The molecule has 0 bridgehead atoms. The molecule has 1 atom stereocenters. The summed E-state index contributed by atoms with van der Waals surface area (Å²) >= 11 is 9.62. The highest BCUT2D eigenvalue weighted by atomic mass is 79.9.